The van der Waals surface area contributed by atoms with E-state index in [-0.39, 0.29) is 18.5 Å². The van der Waals surface area contributed by atoms with E-state index in [1.165, 1.54) is 0 Å². The first-order valence-electron chi connectivity index (χ1n) is 5.12. The fourth-order valence-corrected chi connectivity index (χ4v) is 1.15. The Morgan fingerprint density at radius 1 is 1.47 bits per heavy atom. The summed E-state index contributed by atoms with van der Waals surface area (Å²) < 4.78 is 44.7. The van der Waals surface area contributed by atoms with Gasteiger partial charge in [0.15, 0.2) is 5.82 Å². The van der Waals surface area contributed by atoms with Gasteiger partial charge in [-0.05, 0) is 13.5 Å². The molecule has 0 aliphatic heterocycles. The summed E-state index contributed by atoms with van der Waals surface area (Å²) in [6.45, 7) is 2.82. The van der Waals surface area contributed by atoms with Gasteiger partial charge >= 0.3 is 6.18 Å². The molecule has 1 aromatic rings. The van der Waals surface area contributed by atoms with Gasteiger partial charge in [0, 0.05) is 0 Å². The molecule has 1 rings (SSSR count). The van der Waals surface area contributed by atoms with Gasteiger partial charge in [0.1, 0.15) is 13.2 Å². The maximum Gasteiger partial charge on any atom is 0.411 e. The van der Waals surface area contributed by atoms with Crippen molar-refractivity contribution in [1.82, 2.24) is 15.5 Å². The summed E-state index contributed by atoms with van der Waals surface area (Å²) in [5, 5.41) is 6.56. The van der Waals surface area contributed by atoms with Crippen LogP contribution in [0.15, 0.2) is 4.52 Å². The lowest BCUT2D eigenvalue weighted by Gasteiger charge is -2.05. The van der Waals surface area contributed by atoms with Crippen molar-refractivity contribution >= 4 is 0 Å². The predicted octanol–water partition coefficient (Wildman–Crippen LogP) is 1.82. The molecule has 1 N–H and O–H groups in total. The fourth-order valence-electron chi connectivity index (χ4n) is 1.15. The average molecular weight is 253 g/mol. The third-order valence-electron chi connectivity index (χ3n) is 1.86. The van der Waals surface area contributed by atoms with Crippen LogP contribution in [0.25, 0.3) is 0 Å². The number of hydrogen-bond acceptors (Lipinski definition) is 5. The molecule has 0 amide bonds. The Balaban J connectivity index is 2.40. The van der Waals surface area contributed by atoms with Crippen LogP contribution in [0.3, 0.4) is 0 Å². The Bertz CT molecular complexity index is 340. The smallest absolute Gasteiger partial charge is 0.364 e. The molecule has 0 saturated heterocycles. The van der Waals surface area contributed by atoms with Gasteiger partial charge in [-0.15, -0.1) is 0 Å². The standard InChI is InChI=1S/C9H14F3N3O2/c1-3-13-6(2)8-14-7(15-17-8)4-16-5-9(10,11)12/h6,13H,3-5H2,1-2H3. The molecule has 0 aliphatic rings. The van der Waals surface area contributed by atoms with Gasteiger partial charge in [0.05, 0.1) is 6.04 Å². The SMILES string of the molecule is CCNC(C)c1nc(COCC(F)(F)F)no1. The third-order valence-corrected chi connectivity index (χ3v) is 1.86. The van der Waals surface area contributed by atoms with Crippen molar-refractivity contribution in [2.45, 2.75) is 32.7 Å². The molecule has 0 saturated carbocycles. The first-order chi connectivity index (χ1) is 7.92. The van der Waals surface area contributed by atoms with Gasteiger partial charge < -0.3 is 14.6 Å². The van der Waals surface area contributed by atoms with Crippen LogP contribution in [0, 0.1) is 0 Å². The molecule has 1 aromatic heterocycles. The molecule has 0 aliphatic carbocycles. The van der Waals surface area contributed by atoms with Crippen LogP contribution in [-0.2, 0) is 11.3 Å². The second-order valence-electron chi connectivity index (χ2n) is 3.44. The number of ether oxygens (including phenoxy) is 1. The Labute approximate surface area is 96.3 Å². The summed E-state index contributed by atoms with van der Waals surface area (Å²) in [5.74, 6) is 0.437. The highest BCUT2D eigenvalue weighted by atomic mass is 19.4. The highest BCUT2D eigenvalue weighted by Gasteiger charge is 2.27. The maximum absolute atomic E-state index is 11.8. The lowest BCUT2D eigenvalue weighted by Crippen LogP contribution is -2.18. The van der Waals surface area contributed by atoms with E-state index in [2.05, 4.69) is 20.2 Å². The minimum atomic E-state index is -4.34. The minimum Gasteiger partial charge on any atom is -0.364 e. The molecule has 0 fully saturated rings. The quantitative estimate of drug-likeness (QED) is 0.837. The minimum absolute atomic E-state index is 0.106. The number of rotatable bonds is 6. The highest BCUT2D eigenvalue weighted by molar-refractivity contribution is 4.90. The van der Waals surface area contributed by atoms with Gasteiger partial charge in [-0.3, -0.25) is 0 Å². The van der Waals surface area contributed by atoms with E-state index in [1.807, 2.05) is 13.8 Å². The van der Waals surface area contributed by atoms with Gasteiger partial charge in [0.2, 0.25) is 5.89 Å². The van der Waals surface area contributed by atoms with Crippen LogP contribution in [-0.4, -0.2) is 29.5 Å². The van der Waals surface area contributed by atoms with E-state index in [0.717, 1.165) is 6.54 Å². The summed E-state index contributed by atoms with van der Waals surface area (Å²) in [5.41, 5.74) is 0. The molecule has 17 heavy (non-hydrogen) atoms. The van der Waals surface area contributed by atoms with Gasteiger partial charge in [-0.2, -0.15) is 18.2 Å². The fraction of sp³-hybridized carbons (Fsp3) is 0.778. The van der Waals surface area contributed by atoms with E-state index < -0.39 is 12.8 Å². The first kappa shape index (κ1) is 13.9. The van der Waals surface area contributed by atoms with Crippen molar-refractivity contribution in [3.8, 4) is 0 Å². The summed E-state index contributed by atoms with van der Waals surface area (Å²) >= 11 is 0. The second kappa shape index (κ2) is 5.97. The van der Waals surface area contributed by atoms with Gasteiger partial charge in [0.25, 0.3) is 0 Å². The van der Waals surface area contributed by atoms with Gasteiger partial charge in [-0.25, -0.2) is 0 Å². The van der Waals surface area contributed by atoms with Crippen LogP contribution < -0.4 is 5.32 Å². The molecule has 0 radical (unpaired) electrons. The lowest BCUT2D eigenvalue weighted by molar-refractivity contribution is -0.177. The summed E-state index contributed by atoms with van der Waals surface area (Å²) in [7, 11) is 0. The second-order valence-corrected chi connectivity index (χ2v) is 3.44. The molecule has 5 nitrogen and oxygen atoms in total. The monoisotopic (exact) mass is 253 g/mol. The summed E-state index contributed by atoms with van der Waals surface area (Å²) in [6, 6.07) is -0.135. The zero-order valence-corrected chi connectivity index (χ0v) is 9.54. The molecule has 98 valence electrons. The third kappa shape index (κ3) is 5.14. The summed E-state index contributed by atoms with van der Waals surface area (Å²) in [4.78, 5) is 3.92. The zero-order chi connectivity index (χ0) is 12.9. The van der Waals surface area contributed by atoms with E-state index in [9.17, 15) is 13.2 Å². The number of alkyl halides is 3. The van der Waals surface area contributed by atoms with E-state index in [0.29, 0.717) is 5.89 Å². The molecule has 8 heteroatoms. The van der Waals surface area contributed by atoms with Crippen LogP contribution >= 0.6 is 0 Å². The van der Waals surface area contributed by atoms with Crippen LogP contribution in [0.5, 0.6) is 0 Å². The Morgan fingerprint density at radius 3 is 2.76 bits per heavy atom. The van der Waals surface area contributed by atoms with E-state index in [4.69, 9.17) is 4.52 Å². The molecule has 0 aromatic carbocycles. The van der Waals surface area contributed by atoms with Crippen molar-refractivity contribution < 1.29 is 22.4 Å². The number of hydrogen-bond donors (Lipinski definition) is 1. The highest BCUT2D eigenvalue weighted by Crippen LogP contribution is 2.15. The summed E-state index contributed by atoms with van der Waals surface area (Å²) in [6.07, 6.45) is -4.34. The number of aromatic nitrogens is 2. The average Bonchev–Trinajstić information content (AvgIpc) is 2.65. The lowest BCUT2D eigenvalue weighted by atomic mass is 10.3. The molecule has 0 bridgehead atoms. The molecular formula is C9H14F3N3O2. The first-order valence-corrected chi connectivity index (χ1v) is 5.12. The largest absolute Gasteiger partial charge is 0.411 e. The van der Waals surface area contributed by atoms with Crippen molar-refractivity contribution in [3.63, 3.8) is 0 Å². The Morgan fingerprint density at radius 2 is 2.18 bits per heavy atom. The van der Waals surface area contributed by atoms with Crippen LogP contribution in [0.4, 0.5) is 13.2 Å². The molecule has 1 atom stereocenters. The Hall–Kier alpha value is -1.15. The Kier molecular flexibility index (Phi) is 4.88. The van der Waals surface area contributed by atoms with Crippen molar-refractivity contribution in [3.05, 3.63) is 11.7 Å². The van der Waals surface area contributed by atoms with Gasteiger partial charge in [-0.1, -0.05) is 12.1 Å². The maximum atomic E-state index is 11.8. The van der Waals surface area contributed by atoms with Crippen LogP contribution in [0.1, 0.15) is 31.6 Å². The van der Waals surface area contributed by atoms with Crippen molar-refractivity contribution in [2.75, 3.05) is 13.2 Å². The van der Waals surface area contributed by atoms with E-state index >= 15 is 0 Å². The van der Waals surface area contributed by atoms with Crippen molar-refractivity contribution in [2.24, 2.45) is 0 Å². The van der Waals surface area contributed by atoms with Crippen molar-refractivity contribution in [1.29, 1.82) is 0 Å². The normalized spacial score (nSPS) is 13.9. The number of nitrogens with one attached hydrogen (secondary N) is 1. The number of nitrogens with zero attached hydrogens (tertiary/aromatic N) is 2. The van der Waals surface area contributed by atoms with Crippen LogP contribution in [0.2, 0.25) is 0 Å². The van der Waals surface area contributed by atoms with E-state index in [1.54, 1.807) is 0 Å². The molecule has 1 heterocycles. The number of halogens is 3. The zero-order valence-electron chi connectivity index (χ0n) is 9.54. The molecule has 1 unspecified atom stereocenters. The predicted molar refractivity (Wildman–Crippen MR) is 52.1 cm³/mol. The topological polar surface area (TPSA) is 60.2 Å². The molecular weight excluding hydrogens is 239 g/mol. The molecule has 0 spiro atoms.